The van der Waals surface area contributed by atoms with E-state index in [1.807, 2.05) is 97.9 Å². The highest BCUT2D eigenvalue weighted by Gasteiger charge is 2.44. The molecule has 6 rings (SSSR count). The SMILES string of the molecule is COC1(N=C=O)C=CC(c2ccccc2)=C(c2nnn(C(c3ccccc3)(c3ccccc3)c3ccccc3)n2)C1C. The van der Waals surface area contributed by atoms with Gasteiger partial charge in [-0.25, -0.2) is 4.79 Å². The van der Waals surface area contributed by atoms with Crippen LogP contribution in [0.4, 0.5) is 0 Å². The number of nitrogens with zero attached hydrogens (tertiary/aromatic N) is 5. The standard InChI is InChI=1S/C35H29N5O2/c1-26-32(31(27-15-7-3-8-16-27)23-24-34(26,42-2)36-25-41)33-37-39-40(38-33)35(28-17-9-4-10-18-28,29-19-11-5-12-20-29)30-21-13-6-14-22-30/h3-24,26H,1-2H3. The molecule has 2 unspecified atom stereocenters. The van der Waals surface area contributed by atoms with Crippen molar-refractivity contribution in [1.29, 1.82) is 0 Å². The smallest absolute Gasteiger partial charge is 0.238 e. The first kappa shape index (κ1) is 27.0. The van der Waals surface area contributed by atoms with Crippen molar-refractivity contribution in [1.82, 2.24) is 20.2 Å². The molecular weight excluding hydrogens is 522 g/mol. The minimum atomic E-state index is -1.25. The Morgan fingerprint density at radius 1 is 0.810 bits per heavy atom. The van der Waals surface area contributed by atoms with Gasteiger partial charge in [0.15, 0.2) is 11.3 Å². The van der Waals surface area contributed by atoms with E-state index in [9.17, 15) is 4.79 Å². The van der Waals surface area contributed by atoms with Crippen LogP contribution in [0.25, 0.3) is 11.1 Å². The molecule has 0 N–H and O–H groups in total. The fourth-order valence-electron chi connectivity index (χ4n) is 5.91. The number of benzene rings is 4. The minimum Gasteiger partial charge on any atom is -0.352 e. The van der Waals surface area contributed by atoms with Crippen LogP contribution < -0.4 is 0 Å². The summed E-state index contributed by atoms with van der Waals surface area (Å²) < 4.78 is 5.82. The Morgan fingerprint density at radius 3 is 1.79 bits per heavy atom. The molecule has 1 aromatic heterocycles. The highest BCUT2D eigenvalue weighted by atomic mass is 16.5. The van der Waals surface area contributed by atoms with Gasteiger partial charge in [-0.1, -0.05) is 134 Å². The van der Waals surface area contributed by atoms with Gasteiger partial charge >= 0.3 is 0 Å². The van der Waals surface area contributed by atoms with Crippen LogP contribution in [0.2, 0.25) is 0 Å². The second kappa shape index (κ2) is 11.3. The fourth-order valence-corrected chi connectivity index (χ4v) is 5.91. The highest BCUT2D eigenvalue weighted by Crippen LogP contribution is 2.45. The molecule has 5 aromatic rings. The van der Waals surface area contributed by atoms with Gasteiger partial charge in [0.2, 0.25) is 11.9 Å². The van der Waals surface area contributed by atoms with Gasteiger partial charge in [-0.3, -0.25) is 0 Å². The van der Waals surface area contributed by atoms with Crippen molar-refractivity contribution in [3.05, 3.63) is 162 Å². The summed E-state index contributed by atoms with van der Waals surface area (Å²) in [5, 5.41) is 14.5. The Morgan fingerprint density at radius 2 is 1.31 bits per heavy atom. The zero-order chi connectivity index (χ0) is 29.0. The summed E-state index contributed by atoms with van der Waals surface area (Å²) in [7, 11) is 1.53. The van der Waals surface area contributed by atoms with E-state index in [4.69, 9.17) is 15.0 Å². The van der Waals surface area contributed by atoms with E-state index in [0.717, 1.165) is 33.4 Å². The zero-order valence-electron chi connectivity index (χ0n) is 23.3. The number of rotatable bonds is 8. The molecule has 0 spiro atoms. The molecule has 1 aliphatic carbocycles. The Labute approximate surface area is 244 Å². The molecule has 0 bridgehead atoms. The molecule has 206 valence electrons. The van der Waals surface area contributed by atoms with E-state index in [1.54, 1.807) is 17.0 Å². The molecule has 0 fully saturated rings. The molecule has 0 aliphatic heterocycles. The number of carbonyl (C=O) groups excluding carboxylic acids is 1. The van der Waals surface area contributed by atoms with E-state index in [0.29, 0.717) is 5.82 Å². The third kappa shape index (κ3) is 4.41. The van der Waals surface area contributed by atoms with Crippen LogP contribution in [0.3, 0.4) is 0 Å². The third-order valence-electron chi connectivity index (χ3n) is 7.99. The Bertz CT molecular complexity index is 1680. The highest BCUT2D eigenvalue weighted by molar-refractivity contribution is 5.96. The van der Waals surface area contributed by atoms with Crippen LogP contribution in [0.1, 0.15) is 35.0 Å². The summed E-state index contributed by atoms with van der Waals surface area (Å²) in [6.07, 6.45) is 5.40. The Hall–Kier alpha value is -5.23. The number of methoxy groups -OCH3 is 1. The van der Waals surface area contributed by atoms with E-state index in [-0.39, 0.29) is 0 Å². The maximum Gasteiger partial charge on any atom is 0.238 e. The first-order valence-corrected chi connectivity index (χ1v) is 13.7. The summed E-state index contributed by atoms with van der Waals surface area (Å²) in [5.41, 5.74) is 3.42. The van der Waals surface area contributed by atoms with Crippen LogP contribution in [0.15, 0.2) is 138 Å². The molecule has 0 saturated carbocycles. The molecule has 0 saturated heterocycles. The molecule has 4 aromatic carbocycles. The van der Waals surface area contributed by atoms with Crippen molar-refractivity contribution in [2.75, 3.05) is 7.11 Å². The predicted molar refractivity (Wildman–Crippen MR) is 162 cm³/mol. The molecule has 7 heteroatoms. The first-order valence-electron chi connectivity index (χ1n) is 13.7. The zero-order valence-corrected chi connectivity index (χ0v) is 23.3. The van der Waals surface area contributed by atoms with Crippen LogP contribution in [-0.2, 0) is 15.1 Å². The molecule has 7 nitrogen and oxygen atoms in total. The van der Waals surface area contributed by atoms with Gasteiger partial charge in [0, 0.05) is 18.6 Å². The lowest BCUT2D eigenvalue weighted by Crippen LogP contribution is -2.40. The lowest BCUT2D eigenvalue weighted by atomic mass is 9.77. The first-order chi connectivity index (χ1) is 20.6. The van der Waals surface area contributed by atoms with Gasteiger partial charge in [-0.05, 0) is 39.1 Å². The van der Waals surface area contributed by atoms with Crippen LogP contribution in [0, 0.1) is 5.92 Å². The molecule has 0 amide bonds. The van der Waals surface area contributed by atoms with Crippen LogP contribution in [-0.4, -0.2) is 39.1 Å². The average molecular weight is 552 g/mol. The number of aromatic nitrogens is 4. The van der Waals surface area contributed by atoms with Crippen LogP contribution in [0.5, 0.6) is 0 Å². The normalized spacial score (nSPS) is 18.5. The van der Waals surface area contributed by atoms with Crippen molar-refractivity contribution < 1.29 is 9.53 Å². The summed E-state index contributed by atoms with van der Waals surface area (Å²) in [5.74, 6) is -0.0122. The molecule has 42 heavy (non-hydrogen) atoms. The molecule has 1 aliphatic rings. The maximum absolute atomic E-state index is 11.5. The number of ether oxygens (including phenoxy) is 1. The van der Waals surface area contributed by atoms with E-state index >= 15 is 0 Å². The maximum atomic E-state index is 11.5. The van der Waals surface area contributed by atoms with Crippen molar-refractivity contribution in [3.8, 4) is 0 Å². The topological polar surface area (TPSA) is 82.3 Å². The molecule has 2 atom stereocenters. The molecular formula is C35H29N5O2. The molecule has 1 heterocycles. The van der Waals surface area contributed by atoms with Gasteiger partial charge in [-0.15, -0.1) is 15.0 Å². The largest absolute Gasteiger partial charge is 0.352 e. The van der Waals surface area contributed by atoms with Crippen LogP contribution >= 0.6 is 0 Å². The second-order valence-electron chi connectivity index (χ2n) is 10.1. The lowest BCUT2D eigenvalue weighted by molar-refractivity contribution is 0.0131. The van der Waals surface area contributed by atoms with Crippen molar-refractivity contribution in [2.45, 2.75) is 18.2 Å². The van der Waals surface area contributed by atoms with Gasteiger partial charge in [-0.2, -0.15) is 4.99 Å². The lowest BCUT2D eigenvalue weighted by Gasteiger charge is -2.35. The van der Waals surface area contributed by atoms with Crippen molar-refractivity contribution >= 4 is 17.2 Å². The monoisotopic (exact) mass is 551 g/mol. The second-order valence-corrected chi connectivity index (χ2v) is 10.1. The summed E-state index contributed by atoms with van der Waals surface area (Å²) in [6.45, 7) is 1.95. The third-order valence-corrected chi connectivity index (χ3v) is 7.99. The van der Waals surface area contributed by atoms with Crippen molar-refractivity contribution in [2.24, 2.45) is 10.9 Å². The number of isocyanates is 1. The van der Waals surface area contributed by atoms with Gasteiger partial charge < -0.3 is 4.74 Å². The van der Waals surface area contributed by atoms with Gasteiger partial charge in [0.25, 0.3) is 0 Å². The van der Waals surface area contributed by atoms with Crippen molar-refractivity contribution in [3.63, 3.8) is 0 Å². The number of allylic oxidation sites excluding steroid dienone is 2. The quantitative estimate of drug-likeness (QED) is 0.128. The summed E-state index contributed by atoms with van der Waals surface area (Å²) in [6, 6.07) is 40.6. The van der Waals surface area contributed by atoms with E-state index in [1.165, 1.54) is 7.11 Å². The average Bonchev–Trinajstić information content (AvgIpc) is 3.54. The Kier molecular flexibility index (Phi) is 7.28. The number of aliphatic imine (C=N–C) groups is 1. The molecule has 0 radical (unpaired) electrons. The Balaban J connectivity index is 1.64. The van der Waals surface area contributed by atoms with Gasteiger partial charge in [0.1, 0.15) is 0 Å². The number of tetrazole rings is 1. The van der Waals surface area contributed by atoms with E-state index < -0.39 is 17.2 Å². The predicted octanol–water partition coefficient (Wildman–Crippen LogP) is 6.31. The number of hydrogen-bond acceptors (Lipinski definition) is 6. The summed E-state index contributed by atoms with van der Waals surface area (Å²) in [4.78, 5) is 17.3. The number of hydrogen-bond donors (Lipinski definition) is 0. The fraction of sp³-hybridized carbons (Fsp3) is 0.143. The summed E-state index contributed by atoms with van der Waals surface area (Å²) >= 11 is 0. The minimum absolute atomic E-state index is 0.417. The van der Waals surface area contributed by atoms with Gasteiger partial charge in [0.05, 0.1) is 0 Å². The van der Waals surface area contributed by atoms with E-state index in [2.05, 4.69) is 46.5 Å².